The smallest absolute Gasteiger partial charge is 0.162 e. The molecule has 0 aliphatic carbocycles. The highest BCUT2D eigenvalue weighted by atomic mass is 32.2. The Bertz CT molecular complexity index is 547. The number of benzene rings is 1. The predicted octanol–water partition coefficient (Wildman–Crippen LogP) is 3.60. The third-order valence-corrected chi connectivity index (χ3v) is 3.78. The van der Waals surface area contributed by atoms with Crippen molar-refractivity contribution in [1.82, 2.24) is 4.57 Å². The largest absolute Gasteiger partial charge is 0.312 e. The maximum atomic E-state index is 8.50. The molecule has 70 valence electrons. The summed E-state index contributed by atoms with van der Waals surface area (Å²) in [6.45, 7) is 0. The van der Waals surface area contributed by atoms with Crippen LogP contribution in [-0.2, 0) is 5.88 Å². The average molecular weight is 238 g/mol. The number of hydrogen-bond acceptors (Lipinski definition) is 4. The van der Waals surface area contributed by atoms with Crippen LogP contribution in [0.3, 0.4) is 0 Å². The van der Waals surface area contributed by atoms with Crippen LogP contribution < -0.4 is 0 Å². The van der Waals surface area contributed by atoms with E-state index in [9.17, 15) is 0 Å². The highest BCUT2D eigenvalue weighted by molar-refractivity contribution is 8.02. The molecule has 0 spiro atoms. The Labute approximate surface area is 94.8 Å². The van der Waals surface area contributed by atoms with Gasteiger partial charge in [0.25, 0.3) is 0 Å². The van der Waals surface area contributed by atoms with Crippen molar-refractivity contribution < 1.29 is 0 Å². The van der Waals surface area contributed by atoms with E-state index in [0.29, 0.717) is 5.88 Å². The van der Waals surface area contributed by atoms with Crippen molar-refractivity contribution in [3.05, 3.63) is 28.2 Å². The molecule has 0 saturated heterocycles. The van der Waals surface area contributed by atoms with Gasteiger partial charge in [-0.1, -0.05) is 12.1 Å². The molecule has 0 radical (unpaired) electrons. The maximum absolute atomic E-state index is 8.50. The van der Waals surface area contributed by atoms with Gasteiger partial charge in [0.15, 0.2) is 3.95 Å². The number of para-hydroxylation sites is 1. The summed E-state index contributed by atoms with van der Waals surface area (Å²) in [4.78, 5) is 0. The molecule has 5 heteroatoms. The van der Waals surface area contributed by atoms with Crippen LogP contribution in [-0.4, -0.2) is 4.57 Å². The fraction of sp³-hybridized carbons (Fsp3) is 0.111. The van der Waals surface area contributed by atoms with Crippen LogP contribution in [0.5, 0.6) is 0 Å². The lowest BCUT2D eigenvalue weighted by Crippen LogP contribution is -1.91. The van der Waals surface area contributed by atoms with Gasteiger partial charge in [-0.2, -0.15) is 5.26 Å². The molecule has 0 N–H and O–H groups in total. The Morgan fingerprint density at radius 3 is 3.07 bits per heavy atom. The summed E-state index contributed by atoms with van der Waals surface area (Å²) in [5.74, 6) is 0.610. The number of nitriles is 1. The lowest BCUT2D eigenvalue weighted by atomic mass is 10.3. The Hall–Kier alpha value is -0.830. The zero-order chi connectivity index (χ0) is 9.97. The number of thiazole rings is 1. The molecule has 1 aromatic carbocycles. The zero-order valence-electron chi connectivity index (χ0n) is 7.14. The number of nitrogens with zero attached hydrogens (tertiary/aromatic N) is 2. The molecular weight excluding hydrogens is 232 g/mol. The Kier molecular flexibility index (Phi) is 2.87. The van der Waals surface area contributed by atoms with Gasteiger partial charge in [-0.05, 0) is 36.1 Å². The van der Waals surface area contributed by atoms with Gasteiger partial charge in [0.2, 0.25) is 0 Å². The Balaban J connectivity index is 2.58. The highest BCUT2D eigenvalue weighted by Crippen LogP contribution is 2.24. The Morgan fingerprint density at radius 2 is 2.29 bits per heavy atom. The number of hydrogen-bond donors (Lipinski definition) is 0. The molecule has 0 unspecified atom stereocenters. The van der Waals surface area contributed by atoms with E-state index < -0.39 is 0 Å². The monoisotopic (exact) mass is 238 g/mol. The number of aromatic nitrogens is 1. The van der Waals surface area contributed by atoms with Crippen LogP contribution in [0.25, 0.3) is 10.2 Å². The lowest BCUT2D eigenvalue weighted by molar-refractivity contribution is 0.940. The Morgan fingerprint density at radius 1 is 1.50 bits per heavy atom. The molecular formula is C9H6N2S3. The molecule has 0 saturated carbocycles. The SMILES string of the molecule is N#CSCn1c(=S)sc2ccccc21. The van der Waals surface area contributed by atoms with E-state index in [1.807, 2.05) is 28.8 Å². The second-order valence-electron chi connectivity index (χ2n) is 2.63. The summed E-state index contributed by atoms with van der Waals surface area (Å²) < 4.78 is 3.99. The third-order valence-electron chi connectivity index (χ3n) is 1.83. The summed E-state index contributed by atoms with van der Waals surface area (Å²) >= 11 is 8.01. The second-order valence-corrected chi connectivity index (χ2v) is 5.03. The summed E-state index contributed by atoms with van der Waals surface area (Å²) in [6.07, 6.45) is 0. The van der Waals surface area contributed by atoms with Crippen LogP contribution in [0.15, 0.2) is 24.3 Å². The van der Waals surface area contributed by atoms with E-state index in [-0.39, 0.29) is 0 Å². The van der Waals surface area contributed by atoms with Gasteiger partial charge in [0.05, 0.1) is 16.1 Å². The molecule has 0 atom stereocenters. The quantitative estimate of drug-likeness (QED) is 0.591. The topological polar surface area (TPSA) is 28.7 Å². The van der Waals surface area contributed by atoms with Crippen molar-refractivity contribution in [1.29, 1.82) is 5.26 Å². The minimum Gasteiger partial charge on any atom is -0.312 e. The van der Waals surface area contributed by atoms with Gasteiger partial charge in [-0.3, -0.25) is 0 Å². The van der Waals surface area contributed by atoms with Gasteiger partial charge in [-0.15, -0.1) is 11.3 Å². The van der Waals surface area contributed by atoms with Gasteiger partial charge in [0, 0.05) is 0 Å². The van der Waals surface area contributed by atoms with E-state index in [1.165, 1.54) is 16.5 Å². The fourth-order valence-electron chi connectivity index (χ4n) is 1.23. The molecule has 2 aromatic rings. The molecule has 0 bridgehead atoms. The maximum Gasteiger partial charge on any atom is 0.162 e. The third kappa shape index (κ3) is 1.69. The summed E-state index contributed by atoms with van der Waals surface area (Å²) in [5.41, 5.74) is 1.12. The van der Waals surface area contributed by atoms with Gasteiger partial charge in [0.1, 0.15) is 5.40 Å². The molecule has 1 aromatic heterocycles. The van der Waals surface area contributed by atoms with E-state index >= 15 is 0 Å². The lowest BCUT2D eigenvalue weighted by Gasteiger charge is -1.98. The van der Waals surface area contributed by atoms with Crippen LogP contribution in [0.1, 0.15) is 0 Å². The standard InChI is InChI=1S/C9H6N2S3/c10-5-13-6-11-7-3-1-2-4-8(7)14-9(11)12/h1-4H,6H2. The van der Waals surface area contributed by atoms with E-state index in [0.717, 1.165) is 9.47 Å². The molecule has 2 nitrogen and oxygen atoms in total. The molecule has 1 heterocycles. The van der Waals surface area contributed by atoms with E-state index in [1.54, 1.807) is 11.3 Å². The minimum atomic E-state index is 0.610. The fourth-order valence-corrected chi connectivity index (χ4v) is 3.17. The zero-order valence-corrected chi connectivity index (χ0v) is 9.59. The first-order chi connectivity index (χ1) is 6.83. The molecule has 0 aliphatic heterocycles. The number of rotatable bonds is 2. The molecule has 0 aliphatic rings. The van der Waals surface area contributed by atoms with Crippen LogP contribution in [0.4, 0.5) is 0 Å². The minimum absolute atomic E-state index is 0.610. The van der Waals surface area contributed by atoms with Crippen molar-refractivity contribution in [2.24, 2.45) is 0 Å². The van der Waals surface area contributed by atoms with Crippen molar-refractivity contribution >= 4 is 45.5 Å². The predicted molar refractivity (Wildman–Crippen MR) is 63.9 cm³/mol. The summed E-state index contributed by atoms with van der Waals surface area (Å²) in [5, 5.41) is 10.5. The van der Waals surface area contributed by atoms with Crippen molar-refractivity contribution in [2.75, 3.05) is 0 Å². The van der Waals surface area contributed by atoms with Gasteiger partial charge < -0.3 is 4.57 Å². The van der Waals surface area contributed by atoms with E-state index in [4.69, 9.17) is 17.5 Å². The molecule has 0 amide bonds. The first-order valence-electron chi connectivity index (χ1n) is 3.92. The van der Waals surface area contributed by atoms with Crippen LogP contribution in [0, 0.1) is 14.6 Å². The van der Waals surface area contributed by atoms with Crippen molar-refractivity contribution in [3.63, 3.8) is 0 Å². The van der Waals surface area contributed by atoms with E-state index in [2.05, 4.69) is 5.40 Å². The van der Waals surface area contributed by atoms with Gasteiger partial charge >= 0.3 is 0 Å². The van der Waals surface area contributed by atoms with Crippen LogP contribution >= 0.6 is 35.3 Å². The summed E-state index contributed by atoms with van der Waals surface area (Å²) in [6, 6.07) is 8.05. The first kappa shape index (κ1) is 9.71. The number of thiocyanates is 1. The number of fused-ring (bicyclic) bond motifs is 1. The molecule has 14 heavy (non-hydrogen) atoms. The number of thioether (sulfide) groups is 1. The average Bonchev–Trinajstić information content (AvgIpc) is 2.51. The van der Waals surface area contributed by atoms with Crippen molar-refractivity contribution in [3.8, 4) is 5.40 Å². The normalized spacial score (nSPS) is 10.2. The summed E-state index contributed by atoms with van der Waals surface area (Å²) in [7, 11) is 0. The molecule has 0 fully saturated rings. The van der Waals surface area contributed by atoms with Crippen LogP contribution in [0.2, 0.25) is 0 Å². The van der Waals surface area contributed by atoms with Crippen molar-refractivity contribution in [2.45, 2.75) is 5.88 Å². The van der Waals surface area contributed by atoms with Gasteiger partial charge in [-0.25, -0.2) is 0 Å². The highest BCUT2D eigenvalue weighted by Gasteiger charge is 2.03. The second kappa shape index (κ2) is 4.13. The molecule has 2 rings (SSSR count). The first-order valence-corrected chi connectivity index (χ1v) is 6.13.